The summed E-state index contributed by atoms with van der Waals surface area (Å²) in [4.78, 5) is 11.9. The molecule has 0 radical (unpaired) electrons. The van der Waals surface area contributed by atoms with Crippen molar-refractivity contribution in [1.82, 2.24) is 10.6 Å². The van der Waals surface area contributed by atoms with Gasteiger partial charge in [0, 0.05) is 13.1 Å². The number of aryl methyl sites for hydroxylation is 1. The number of hydrogen-bond acceptors (Lipinski definition) is 4. The minimum absolute atomic E-state index is 0.00532. The lowest BCUT2D eigenvalue weighted by Gasteiger charge is -2.08. The summed E-state index contributed by atoms with van der Waals surface area (Å²) < 4.78 is 5.93. The zero-order chi connectivity index (χ0) is 33.5. The highest BCUT2D eigenvalue weighted by Crippen LogP contribution is 2.22. The van der Waals surface area contributed by atoms with E-state index in [4.69, 9.17) is 4.74 Å². The summed E-state index contributed by atoms with van der Waals surface area (Å²) in [6.07, 6.45) is 29.1. The molecule has 0 aliphatic heterocycles. The quantitative estimate of drug-likeness (QED) is 0.0653. The molecule has 0 spiro atoms. The highest BCUT2D eigenvalue weighted by Gasteiger charge is 2.01. The molecule has 264 valence electrons. The summed E-state index contributed by atoms with van der Waals surface area (Å²) in [5, 5.41) is 14.8. The first-order chi connectivity index (χ1) is 23.2. The topological polar surface area (TPSA) is 75.1 Å². The van der Waals surface area contributed by atoms with Crippen molar-refractivity contribution < 1.29 is 9.53 Å². The van der Waals surface area contributed by atoms with Gasteiger partial charge < -0.3 is 15.4 Å². The van der Waals surface area contributed by atoms with Crippen molar-refractivity contribution in [2.45, 2.75) is 162 Å². The van der Waals surface area contributed by atoms with Crippen molar-refractivity contribution in [2.24, 2.45) is 10.2 Å². The number of rotatable bonds is 30. The van der Waals surface area contributed by atoms with Crippen LogP contribution in [0, 0.1) is 0 Å². The molecule has 0 saturated heterocycles. The lowest BCUT2D eigenvalue weighted by atomic mass is 10.1. The number of ether oxygens (including phenoxy) is 1. The van der Waals surface area contributed by atoms with Crippen LogP contribution in [0.4, 0.5) is 16.2 Å². The van der Waals surface area contributed by atoms with Gasteiger partial charge in [0.2, 0.25) is 0 Å². The molecule has 6 heteroatoms. The standard InChI is InChI=1S/C41H68N4O2/c1-3-5-7-9-10-11-12-15-18-22-34-42-41(46)43-35-23-19-16-13-14-17-20-24-36-47-40-32-30-39(31-33-40)45-44-38-28-26-37(27-29-38)25-21-8-6-4-2/h26-33H,3-25,34-36H2,1-2H3,(H2,42,43,46). The van der Waals surface area contributed by atoms with E-state index >= 15 is 0 Å². The van der Waals surface area contributed by atoms with Crippen LogP contribution in [0.3, 0.4) is 0 Å². The first kappa shape index (κ1) is 40.3. The number of benzene rings is 2. The molecule has 0 aromatic heterocycles. The van der Waals surface area contributed by atoms with Crippen molar-refractivity contribution in [3.8, 4) is 5.75 Å². The third kappa shape index (κ3) is 23.1. The van der Waals surface area contributed by atoms with Gasteiger partial charge in [-0.25, -0.2) is 4.79 Å². The fraction of sp³-hybridized carbons (Fsp3) is 0.683. The van der Waals surface area contributed by atoms with Crippen LogP contribution in [-0.2, 0) is 6.42 Å². The number of nitrogens with zero attached hydrogens (tertiary/aromatic N) is 2. The van der Waals surface area contributed by atoms with Crippen LogP contribution in [0.2, 0.25) is 0 Å². The van der Waals surface area contributed by atoms with Crippen LogP contribution < -0.4 is 15.4 Å². The Kier molecular flexibility index (Phi) is 25.1. The zero-order valence-corrected chi connectivity index (χ0v) is 30.2. The number of unbranched alkanes of at least 4 members (excludes halogenated alkanes) is 19. The SMILES string of the molecule is CCCCCCCCCCCCNC(=O)NCCCCCCCCCCOc1ccc(N=Nc2ccc(CCCCCC)cc2)cc1. The Hall–Kier alpha value is -2.89. The molecule has 2 N–H and O–H groups in total. The maximum atomic E-state index is 11.9. The molecule has 0 saturated carbocycles. The monoisotopic (exact) mass is 649 g/mol. The number of carbonyl (C=O) groups excluding carboxylic acids is 1. The van der Waals surface area contributed by atoms with Gasteiger partial charge >= 0.3 is 6.03 Å². The molecular weight excluding hydrogens is 580 g/mol. The predicted molar refractivity (Wildman–Crippen MR) is 201 cm³/mol. The van der Waals surface area contributed by atoms with E-state index in [-0.39, 0.29) is 6.03 Å². The maximum absolute atomic E-state index is 11.9. The average Bonchev–Trinajstić information content (AvgIpc) is 3.09. The molecule has 0 fully saturated rings. The van der Waals surface area contributed by atoms with Gasteiger partial charge in [-0.15, -0.1) is 0 Å². The van der Waals surface area contributed by atoms with E-state index in [1.54, 1.807) is 0 Å². The third-order valence-electron chi connectivity index (χ3n) is 8.81. The van der Waals surface area contributed by atoms with Crippen LogP contribution in [0.15, 0.2) is 58.8 Å². The van der Waals surface area contributed by atoms with Gasteiger partial charge in [0.15, 0.2) is 0 Å². The molecule has 2 aromatic rings. The lowest BCUT2D eigenvalue weighted by molar-refractivity contribution is 0.240. The smallest absolute Gasteiger partial charge is 0.314 e. The number of carbonyl (C=O) groups is 1. The molecule has 6 nitrogen and oxygen atoms in total. The van der Waals surface area contributed by atoms with Gasteiger partial charge in [-0.1, -0.05) is 142 Å². The van der Waals surface area contributed by atoms with Crippen LogP contribution >= 0.6 is 0 Å². The van der Waals surface area contributed by atoms with E-state index in [9.17, 15) is 4.79 Å². The van der Waals surface area contributed by atoms with Gasteiger partial charge in [-0.05, 0) is 74.1 Å². The van der Waals surface area contributed by atoms with Crippen molar-refractivity contribution in [3.05, 3.63) is 54.1 Å². The Morgan fingerprint density at radius 1 is 0.511 bits per heavy atom. The molecule has 2 aromatic carbocycles. The van der Waals surface area contributed by atoms with Crippen LogP contribution in [0.5, 0.6) is 5.75 Å². The number of azo groups is 1. The summed E-state index contributed by atoms with van der Waals surface area (Å²) in [6, 6.07) is 16.3. The zero-order valence-electron chi connectivity index (χ0n) is 30.2. The van der Waals surface area contributed by atoms with E-state index in [1.165, 1.54) is 128 Å². The van der Waals surface area contributed by atoms with E-state index < -0.39 is 0 Å². The highest BCUT2D eigenvalue weighted by atomic mass is 16.5. The van der Waals surface area contributed by atoms with E-state index in [2.05, 4.69) is 59.0 Å². The second-order valence-corrected chi connectivity index (χ2v) is 13.2. The van der Waals surface area contributed by atoms with Gasteiger partial charge in [-0.3, -0.25) is 0 Å². The number of amides is 2. The first-order valence-electron chi connectivity index (χ1n) is 19.5. The fourth-order valence-corrected chi connectivity index (χ4v) is 5.77. The van der Waals surface area contributed by atoms with Gasteiger partial charge in [-0.2, -0.15) is 10.2 Å². The summed E-state index contributed by atoms with van der Waals surface area (Å²) in [6.45, 7) is 6.83. The first-order valence-corrected chi connectivity index (χ1v) is 19.5. The van der Waals surface area contributed by atoms with Crippen LogP contribution in [0.25, 0.3) is 0 Å². The van der Waals surface area contributed by atoms with Gasteiger partial charge in [0.1, 0.15) is 5.75 Å². The summed E-state index contributed by atoms with van der Waals surface area (Å²) in [5.74, 6) is 0.887. The largest absolute Gasteiger partial charge is 0.494 e. The van der Waals surface area contributed by atoms with Crippen molar-refractivity contribution >= 4 is 17.4 Å². The minimum Gasteiger partial charge on any atom is -0.494 e. The lowest BCUT2D eigenvalue weighted by Crippen LogP contribution is -2.36. The Morgan fingerprint density at radius 3 is 1.40 bits per heavy atom. The van der Waals surface area contributed by atoms with Gasteiger partial charge in [0.05, 0.1) is 18.0 Å². The van der Waals surface area contributed by atoms with Crippen molar-refractivity contribution in [2.75, 3.05) is 19.7 Å². The Labute approximate surface area is 288 Å². The summed E-state index contributed by atoms with van der Waals surface area (Å²) in [7, 11) is 0. The van der Waals surface area contributed by atoms with Crippen LogP contribution in [-0.4, -0.2) is 25.7 Å². The molecule has 0 unspecified atom stereocenters. The van der Waals surface area contributed by atoms with Gasteiger partial charge in [0.25, 0.3) is 0 Å². The molecule has 47 heavy (non-hydrogen) atoms. The average molecular weight is 649 g/mol. The molecule has 2 amide bonds. The molecule has 0 atom stereocenters. The fourth-order valence-electron chi connectivity index (χ4n) is 5.77. The molecule has 0 bridgehead atoms. The summed E-state index contributed by atoms with van der Waals surface area (Å²) >= 11 is 0. The number of urea groups is 1. The number of nitrogens with one attached hydrogen (secondary N) is 2. The third-order valence-corrected chi connectivity index (χ3v) is 8.81. The maximum Gasteiger partial charge on any atom is 0.314 e. The molecular formula is C41H68N4O2. The number of hydrogen-bond donors (Lipinski definition) is 2. The van der Waals surface area contributed by atoms with Crippen LogP contribution in [0.1, 0.15) is 161 Å². The summed E-state index contributed by atoms with van der Waals surface area (Å²) in [5.41, 5.74) is 3.09. The predicted octanol–water partition coefficient (Wildman–Crippen LogP) is 12.9. The normalized spacial score (nSPS) is 11.3. The molecule has 0 aliphatic carbocycles. The van der Waals surface area contributed by atoms with E-state index in [0.717, 1.165) is 62.5 Å². The second-order valence-electron chi connectivity index (χ2n) is 13.2. The Balaban J connectivity index is 1.36. The van der Waals surface area contributed by atoms with Crippen molar-refractivity contribution in [1.29, 1.82) is 0 Å². The second kappa shape index (κ2) is 29.3. The van der Waals surface area contributed by atoms with E-state index in [1.807, 2.05) is 24.3 Å². The highest BCUT2D eigenvalue weighted by molar-refractivity contribution is 5.73. The Bertz CT molecular complexity index is 1020. The minimum atomic E-state index is -0.00532. The molecule has 0 heterocycles. The Morgan fingerprint density at radius 2 is 0.915 bits per heavy atom. The van der Waals surface area contributed by atoms with Crippen molar-refractivity contribution in [3.63, 3.8) is 0 Å². The van der Waals surface area contributed by atoms with E-state index in [0.29, 0.717) is 0 Å². The molecule has 2 rings (SSSR count). The molecule has 0 aliphatic rings.